The third-order valence-corrected chi connectivity index (χ3v) is 4.79. The SMILES string of the molecule is CCOc1cccc(-c2ncc(CCOc3ccc(OC(F)(F)F)cc3)c3[nH]ccc23)c1. The van der Waals surface area contributed by atoms with E-state index in [0.29, 0.717) is 25.4 Å². The second-order valence-corrected chi connectivity index (χ2v) is 6.98. The molecular formula is C24H21F3N2O3. The highest BCUT2D eigenvalue weighted by Crippen LogP contribution is 2.30. The number of rotatable bonds is 8. The van der Waals surface area contributed by atoms with Crippen molar-refractivity contribution in [1.29, 1.82) is 0 Å². The number of nitrogens with zero attached hydrogens (tertiary/aromatic N) is 1. The Morgan fingerprint density at radius 2 is 1.72 bits per heavy atom. The average molecular weight is 442 g/mol. The minimum Gasteiger partial charge on any atom is -0.494 e. The molecule has 5 nitrogen and oxygen atoms in total. The second kappa shape index (κ2) is 9.21. The van der Waals surface area contributed by atoms with Gasteiger partial charge in [0, 0.05) is 29.8 Å². The Kier molecular flexibility index (Phi) is 6.20. The summed E-state index contributed by atoms with van der Waals surface area (Å²) in [6.07, 6.45) is -0.464. The summed E-state index contributed by atoms with van der Waals surface area (Å²) < 4.78 is 51.9. The van der Waals surface area contributed by atoms with Crippen LogP contribution >= 0.6 is 0 Å². The van der Waals surface area contributed by atoms with E-state index < -0.39 is 6.36 Å². The van der Waals surface area contributed by atoms with Crippen molar-refractivity contribution in [2.45, 2.75) is 19.7 Å². The Morgan fingerprint density at radius 3 is 2.47 bits per heavy atom. The number of H-pyrrole nitrogens is 1. The van der Waals surface area contributed by atoms with Crippen molar-refractivity contribution in [1.82, 2.24) is 9.97 Å². The van der Waals surface area contributed by atoms with E-state index in [0.717, 1.165) is 33.5 Å². The Hall–Kier alpha value is -3.68. The molecule has 0 saturated heterocycles. The first-order valence-electron chi connectivity index (χ1n) is 10.1. The molecule has 0 amide bonds. The van der Waals surface area contributed by atoms with Crippen molar-refractivity contribution in [2.24, 2.45) is 0 Å². The number of aromatic amines is 1. The van der Waals surface area contributed by atoms with Crippen LogP contribution in [0.1, 0.15) is 12.5 Å². The molecular weight excluding hydrogens is 421 g/mol. The van der Waals surface area contributed by atoms with Gasteiger partial charge in [-0.1, -0.05) is 12.1 Å². The van der Waals surface area contributed by atoms with E-state index in [4.69, 9.17) is 9.47 Å². The van der Waals surface area contributed by atoms with Crippen molar-refractivity contribution < 1.29 is 27.4 Å². The minimum absolute atomic E-state index is 0.286. The number of ether oxygens (including phenoxy) is 3. The maximum absolute atomic E-state index is 12.3. The standard InChI is InChI=1S/C24H21F3N2O3/c1-2-30-20-5-3-4-16(14-20)22-21-10-12-28-23(21)17(15-29-22)11-13-31-18-6-8-19(9-7-18)32-24(25,26)27/h3-10,12,14-15,28H,2,11,13H2,1H3. The van der Waals surface area contributed by atoms with Gasteiger partial charge in [0.25, 0.3) is 0 Å². The summed E-state index contributed by atoms with van der Waals surface area (Å²) >= 11 is 0. The first kappa shape index (κ1) is 21.5. The molecule has 0 aliphatic rings. The number of fused-ring (bicyclic) bond motifs is 1. The van der Waals surface area contributed by atoms with Crippen LogP contribution in [0.15, 0.2) is 67.0 Å². The van der Waals surface area contributed by atoms with Crippen LogP contribution in [0.2, 0.25) is 0 Å². The van der Waals surface area contributed by atoms with E-state index >= 15 is 0 Å². The summed E-state index contributed by atoms with van der Waals surface area (Å²) in [6, 6.07) is 15.1. The van der Waals surface area contributed by atoms with Gasteiger partial charge in [-0.05, 0) is 55.0 Å². The quantitative estimate of drug-likeness (QED) is 0.356. The molecule has 32 heavy (non-hydrogen) atoms. The zero-order valence-electron chi connectivity index (χ0n) is 17.3. The van der Waals surface area contributed by atoms with Gasteiger partial charge in [-0.3, -0.25) is 4.98 Å². The minimum atomic E-state index is -4.71. The van der Waals surface area contributed by atoms with Crippen LogP contribution in [0.25, 0.3) is 22.2 Å². The Balaban J connectivity index is 1.45. The largest absolute Gasteiger partial charge is 0.573 e. The maximum Gasteiger partial charge on any atom is 0.573 e. The Bertz CT molecular complexity index is 1190. The molecule has 0 unspecified atom stereocenters. The highest BCUT2D eigenvalue weighted by molar-refractivity contribution is 5.94. The summed E-state index contributed by atoms with van der Waals surface area (Å²) in [5.41, 5.74) is 3.76. The predicted molar refractivity (Wildman–Crippen MR) is 115 cm³/mol. The number of pyridine rings is 1. The number of halogens is 3. The van der Waals surface area contributed by atoms with E-state index in [1.165, 1.54) is 24.3 Å². The smallest absolute Gasteiger partial charge is 0.494 e. The first-order chi connectivity index (χ1) is 15.4. The molecule has 0 saturated carbocycles. The second-order valence-electron chi connectivity index (χ2n) is 6.98. The lowest BCUT2D eigenvalue weighted by Crippen LogP contribution is -2.17. The molecule has 0 atom stereocenters. The summed E-state index contributed by atoms with van der Waals surface area (Å²) in [7, 11) is 0. The van der Waals surface area contributed by atoms with E-state index in [-0.39, 0.29) is 5.75 Å². The highest BCUT2D eigenvalue weighted by Gasteiger charge is 2.30. The van der Waals surface area contributed by atoms with Crippen molar-refractivity contribution in [3.63, 3.8) is 0 Å². The van der Waals surface area contributed by atoms with Gasteiger partial charge in [0.2, 0.25) is 0 Å². The maximum atomic E-state index is 12.3. The molecule has 0 aliphatic heterocycles. The van der Waals surface area contributed by atoms with Crippen LogP contribution in [-0.2, 0) is 6.42 Å². The lowest BCUT2D eigenvalue weighted by Gasteiger charge is -2.11. The molecule has 0 bridgehead atoms. The molecule has 0 aliphatic carbocycles. The van der Waals surface area contributed by atoms with Gasteiger partial charge in [0.15, 0.2) is 0 Å². The fraction of sp³-hybridized carbons (Fsp3) is 0.208. The van der Waals surface area contributed by atoms with Gasteiger partial charge >= 0.3 is 6.36 Å². The lowest BCUT2D eigenvalue weighted by molar-refractivity contribution is -0.274. The monoisotopic (exact) mass is 442 g/mol. The molecule has 0 fully saturated rings. The van der Waals surface area contributed by atoms with E-state index in [1.807, 2.05) is 49.6 Å². The lowest BCUT2D eigenvalue weighted by atomic mass is 10.0. The van der Waals surface area contributed by atoms with Crippen LogP contribution in [0.3, 0.4) is 0 Å². The molecule has 2 heterocycles. The van der Waals surface area contributed by atoms with Crippen molar-refractivity contribution >= 4 is 10.9 Å². The third kappa shape index (κ3) is 5.14. The zero-order chi connectivity index (χ0) is 22.6. The van der Waals surface area contributed by atoms with Gasteiger partial charge in [0.1, 0.15) is 17.2 Å². The van der Waals surface area contributed by atoms with Gasteiger partial charge in [-0.15, -0.1) is 13.2 Å². The number of benzene rings is 2. The Labute approximate surface area is 182 Å². The summed E-state index contributed by atoms with van der Waals surface area (Å²) in [5.74, 6) is 0.963. The van der Waals surface area contributed by atoms with Crippen LogP contribution in [0.5, 0.6) is 17.2 Å². The summed E-state index contributed by atoms with van der Waals surface area (Å²) in [5, 5.41) is 0.991. The molecule has 4 rings (SSSR count). The van der Waals surface area contributed by atoms with Gasteiger partial charge in [-0.25, -0.2) is 0 Å². The molecule has 4 aromatic rings. The van der Waals surface area contributed by atoms with E-state index in [2.05, 4.69) is 14.7 Å². The van der Waals surface area contributed by atoms with Crippen molar-refractivity contribution in [3.8, 4) is 28.5 Å². The number of hydrogen-bond acceptors (Lipinski definition) is 4. The summed E-state index contributed by atoms with van der Waals surface area (Å²) in [6.45, 7) is 2.87. The molecule has 1 N–H and O–H groups in total. The van der Waals surface area contributed by atoms with Gasteiger partial charge in [-0.2, -0.15) is 0 Å². The highest BCUT2D eigenvalue weighted by atomic mass is 19.4. The van der Waals surface area contributed by atoms with Gasteiger partial charge in [0.05, 0.1) is 24.4 Å². The van der Waals surface area contributed by atoms with Crippen molar-refractivity contribution in [2.75, 3.05) is 13.2 Å². The first-order valence-corrected chi connectivity index (χ1v) is 10.1. The topological polar surface area (TPSA) is 56.4 Å². The normalized spacial score (nSPS) is 11.5. The predicted octanol–water partition coefficient (Wildman–Crippen LogP) is 6.15. The van der Waals surface area contributed by atoms with Gasteiger partial charge < -0.3 is 19.2 Å². The third-order valence-electron chi connectivity index (χ3n) is 4.79. The molecule has 8 heteroatoms. The molecule has 166 valence electrons. The van der Waals surface area contributed by atoms with Crippen molar-refractivity contribution in [3.05, 3.63) is 72.6 Å². The Morgan fingerprint density at radius 1 is 0.938 bits per heavy atom. The number of nitrogens with one attached hydrogen (secondary N) is 1. The van der Waals surface area contributed by atoms with E-state index in [9.17, 15) is 13.2 Å². The fourth-order valence-corrected chi connectivity index (χ4v) is 3.44. The zero-order valence-corrected chi connectivity index (χ0v) is 17.3. The van der Waals surface area contributed by atoms with Crippen LogP contribution < -0.4 is 14.2 Å². The average Bonchev–Trinajstić information content (AvgIpc) is 3.25. The molecule has 0 radical (unpaired) electrons. The fourth-order valence-electron chi connectivity index (χ4n) is 3.44. The van der Waals surface area contributed by atoms with E-state index in [1.54, 1.807) is 0 Å². The van der Waals surface area contributed by atoms with Crippen LogP contribution in [0.4, 0.5) is 13.2 Å². The summed E-state index contributed by atoms with van der Waals surface area (Å²) in [4.78, 5) is 7.93. The molecule has 2 aromatic carbocycles. The molecule has 0 spiro atoms. The van der Waals surface area contributed by atoms with Crippen LogP contribution in [0, 0.1) is 0 Å². The molecule has 2 aromatic heterocycles. The number of hydrogen-bond donors (Lipinski definition) is 1. The van der Waals surface area contributed by atoms with Crippen LogP contribution in [-0.4, -0.2) is 29.5 Å². The number of aromatic nitrogens is 2. The number of alkyl halides is 3.